The summed E-state index contributed by atoms with van der Waals surface area (Å²) in [5, 5.41) is 12.0. The Morgan fingerprint density at radius 3 is 2.52 bits per heavy atom. The van der Waals surface area contributed by atoms with Crippen LogP contribution >= 0.6 is 0 Å². The van der Waals surface area contributed by atoms with E-state index in [1.807, 2.05) is 6.07 Å². The third-order valence-electron chi connectivity index (χ3n) is 8.56. The van der Waals surface area contributed by atoms with Crippen LogP contribution in [0.25, 0.3) is 0 Å². The van der Waals surface area contributed by atoms with Gasteiger partial charge in [-0.15, -0.1) is 0 Å². The number of likely N-dealkylation sites (tertiary alicyclic amines) is 2. The van der Waals surface area contributed by atoms with Gasteiger partial charge in [-0.25, -0.2) is 0 Å². The maximum absolute atomic E-state index is 12.0. The molecule has 33 heavy (non-hydrogen) atoms. The van der Waals surface area contributed by atoms with Gasteiger partial charge in [-0.05, 0) is 63.3 Å². The first kappa shape index (κ1) is 21.5. The van der Waals surface area contributed by atoms with Crippen molar-refractivity contribution in [3.05, 3.63) is 41.5 Å². The number of nitrogens with zero attached hydrogens (tertiary/aromatic N) is 2. The number of allylic oxidation sites excluding steroid dienone is 2. The second-order valence-electron chi connectivity index (χ2n) is 10.7. The first-order chi connectivity index (χ1) is 16.0. The molecule has 1 aromatic carbocycles. The maximum Gasteiger partial charge on any atom is 0.165 e. The van der Waals surface area contributed by atoms with E-state index in [2.05, 4.69) is 54.9 Å². The Bertz CT molecular complexity index is 981. The summed E-state index contributed by atoms with van der Waals surface area (Å²) in [4.78, 5) is 4.95. The molecule has 1 aromatic rings. The molecule has 0 aromatic heterocycles. The number of benzene rings is 1. The lowest BCUT2D eigenvalue weighted by Gasteiger charge is -2.39. The number of piperidine rings is 1. The molecule has 6 rings (SSSR count). The van der Waals surface area contributed by atoms with Gasteiger partial charge in [0, 0.05) is 30.3 Å². The van der Waals surface area contributed by atoms with Gasteiger partial charge in [0.2, 0.25) is 0 Å². The van der Waals surface area contributed by atoms with E-state index < -0.39 is 11.6 Å². The molecule has 5 aliphatic rings. The highest BCUT2D eigenvalue weighted by Crippen LogP contribution is 2.57. The lowest BCUT2D eigenvalue weighted by atomic mass is 9.72. The van der Waals surface area contributed by atoms with Crippen molar-refractivity contribution in [3.63, 3.8) is 0 Å². The number of hydrogen-bond acceptors (Lipinski definition) is 6. The topological polar surface area (TPSA) is 54.4 Å². The van der Waals surface area contributed by atoms with Gasteiger partial charge in [0.05, 0.1) is 5.41 Å². The predicted octanol–water partition coefficient (Wildman–Crippen LogP) is 3.34. The molecular formula is C27H36N2O4. The molecule has 178 valence electrons. The maximum atomic E-state index is 12.0. The second kappa shape index (κ2) is 8.03. The molecule has 4 heterocycles. The van der Waals surface area contributed by atoms with E-state index in [9.17, 15) is 5.11 Å². The quantitative estimate of drug-likeness (QED) is 0.759. The standard InChI is InChI=1S/C27H36N2O4/c1-17(2)28-9-7-19(8-10-28)15-29-25-18(3)5-4-6-20(25)27(26(29)30)16-33-22-14-24-23(13-21(22)27)31-11-12-32-24/h4-6,13-14,17-19,25-26,30H,7-12,15-16H2,1-3H3. The molecule has 2 fully saturated rings. The molecule has 2 saturated heterocycles. The predicted molar refractivity (Wildman–Crippen MR) is 127 cm³/mol. The molecular weight excluding hydrogens is 416 g/mol. The Balaban J connectivity index is 1.34. The van der Waals surface area contributed by atoms with Gasteiger partial charge < -0.3 is 24.2 Å². The SMILES string of the molecule is CC1C=CC=C2C1N(CC1CCN(C(C)C)CC1)C(O)C21COc2cc3c(cc21)OCCO3. The Labute approximate surface area is 196 Å². The van der Waals surface area contributed by atoms with Crippen LogP contribution in [0.5, 0.6) is 17.2 Å². The molecule has 0 radical (unpaired) electrons. The average Bonchev–Trinajstić information content (AvgIpc) is 3.31. The lowest BCUT2D eigenvalue weighted by Crippen LogP contribution is -2.49. The second-order valence-corrected chi connectivity index (χ2v) is 10.7. The Hall–Kier alpha value is -2.02. The highest BCUT2D eigenvalue weighted by Gasteiger charge is 2.61. The lowest BCUT2D eigenvalue weighted by molar-refractivity contribution is -0.0406. The molecule has 0 amide bonds. The minimum atomic E-state index is -0.622. The first-order valence-electron chi connectivity index (χ1n) is 12.6. The fourth-order valence-electron chi connectivity index (χ4n) is 6.72. The van der Waals surface area contributed by atoms with Crippen LogP contribution < -0.4 is 14.2 Å². The number of rotatable bonds is 3. The van der Waals surface area contributed by atoms with Gasteiger partial charge in [0.1, 0.15) is 31.8 Å². The van der Waals surface area contributed by atoms with E-state index in [0.29, 0.717) is 37.7 Å². The molecule has 4 aliphatic heterocycles. The van der Waals surface area contributed by atoms with Crippen LogP contribution in [0.15, 0.2) is 35.9 Å². The van der Waals surface area contributed by atoms with Gasteiger partial charge in [-0.1, -0.05) is 25.2 Å². The van der Waals surface area contributed by atoms with E-state index in [4.69, 9.17) is 14.2 Å². The van der Waals surface area contributed by atoms with Crippen molar-refractivity contribution in [1.29, 1.82) is 0 Å². The van der Waals surface area contributed by atoms with Crippen LogP contribution in [0.4, 0.5) is 0 Å². The van der Waals surface area contributed by atoms with Gasteiger partial charge in [-0.3, -0.25) is 4.90 Å². The average molecular weight is 453 g/mol. The number of fused-ring (bicyclic) bond motifs is 5. The Morgan fingerprint density at radius 2 is 1.79 bits per heavy atom. The highest BCUT2D eigenvalue weighted by atomic mass is 16.6. The van der Waals surface area contributed by atoms with Gasteiger partial charge in [0.25, 0.3) is 0 Å². The van der Waals surface area contributed by atoms with Crippen molar-refractivity contribution in [2.45, 2.75) is 57.3 Å². The third kappa shape index (κ3) is 3.25. The summed E-state index contributed by atoms with van der Waals surface area (Å²) >= 11 is 0. The number of hydrogen-bond donors (Lipinski definition) is 1. The van der Waals surface area contributed by atoms with Gasteiger partial charge in [0.15, 0.2) is 11.5 Å². The summed E-state index contributed by atoms with van der Waals surface area (Å²) in [6.45, 7) is 11.6. The molecule has 6 nitrogen and oxygen atoms in total. The Kier molecular flexibility index (Phi) is 5.24. The zero-order chi connectivity index (χ0) is 22.7. The van der Waals surface area contributed by atoms with Crippen LogP contribution in [0.1, 0.15) is 39.2 Å². The molecule has 4 atom stereocenters. The third-order valence-corrected chi connectivity index (χ3v) is 8.56. The largest absolute Gasteiger partial charge is 0.492 e. The van der Waals surface area contributed by atoms with Crippen molar-refractivity contribution in [3.8, 4) is 17.2 Å². The molecule has 4 unspecified atom stereocenters. The minimum absolute atomic E-state index is 0.191. The van der Waals surface area contributed by atoms with Crippen molar-refractivity contribution in [2.75, 3.05) is 39.5 Å². The van der Waals surface area contributed by atoms with Crippen LogP contribution in [-0.2, 0) is 5.41 Å². The highest BCUT2D eigenvalue weighted by molar-refractivity contribution is 5.61. The van der Waals surface area contributed by atoms with Crippen molar-refractivity contribution in [1.82, 2.24) is 9.80 Å². The van der Waals surface area contributed by atoms with Crippen molar-refractivity contribution >= 4 is 0 Å². The van der Waals surface area contributed by atoms with Crippen molar-refractivity contribution in [2.24, 2.45) is 11.8 Å². The van der Waals surface area contributed by atoms with Gasteiger partial charge >= 0.3 is 0 Å². The smallest absolute Gasteiger partial charge is 0.165 e. The molecule has 1 N–H and O–H groups in total. The summed E-state index contributed by atoms with van der Waals surface area (Å²) in [5.41, 5.74) is 1.75. The fourth-order valence-corrected chi connectivity index (χ4v) is 6.72. The summed E-state index contributed by atoms with van der Waals surface area (Å²) in [5.74, 6) is 3.25. The molecule has 1 spiro atoms. The summed E-state index contributed by atoms with van der Waals surface area (Å²) in [7, 11) is 0. The van der Waals surface area contributed by atoms with Crippen LogP contribution in [-0.4, -0.2) is 72.7 Å². The van der Waals surface area contributed by atoms with Crippen molar-refractivity contribution < 1.29 is 19.3 Å². The van der Waals surface area contributed by atoms with E-state index in [1.165, 1.54) is 18.4 Å². The van der Waals surface area contributed by atoms with Crippen LogP contribution in [0.3, 0.4) is 0 Å². The summed E-state index contributed by atoms with van der Waals surface area (Å²) in [6, 6.07) is 4.81. The van der Waals surface area contributed by atoms with E-state index >= 15 is 0 Å². The van der Waals surface area contributed by atoms with E-state index in [-0.39, 0.29) is 6.04 Å². The number of aliphatic hydroxyl groups excluding tert-OH is 1. The minimum Gasteiger partial charge on any atom is -0.492 e. The van der Waals surface area contributed by atoms with Gasteiger partial charge in [-0.2, -0.15) is 0 Å². The van der Waals surface area contributed by atoms with E-state index in [1.54, 1.807) is 0 Å². The molecule has 0 bridgehead atoms. The normalized spacial score (nSPS) is 33.8. The van der Waals surface area contributed by atoms with E-state index in [0.717, 1.165) is 42.4 Å². The Morgan fingerprint density at radius 1 is 1.06 bits per heavy atom. The monoisotopic (exact) mass is 452 g/mol. The van der Waals surface area contributed by atoms with Crippen LogP contribution in [0.2, 0.25) is 0 Å². The van der Waals surface area contributed by atoms with Crippen LogP contribution in [0, 0.1) is 11.8 Å². The first-order valence-corrected chi connectivity index (χ1v) is 12.6. The number of ether oxygens (including phenoxy) is 3. The number of aliphatic hydroxyl groups is 1. The molecule has 0 saturated carbocycles. The zero-order valence-corrected chi connectivity index (χ0v) is 20.0. The molecule has 1 aliphatic carbocycles. The fraction of sp³-hybridized carbons (Fsp3) is 0.630. The summed E-state index contributed by atoms with van der Waals surface area (Å²) < 4.78 is 17.9. The summed E-state index contributed by atoms with van der Waals surface area (Å²) in [6.07, 6.45) is 8.42. The zero-order valence-electron chi connectivity index (χ0n) is 20.0. The molecule has 6 heteroatoms.